The van der Waals surface area contributed by atoms with Crippen LogP contribution >= 0.6 is 0 Å². The van der Waals surface area contributed by atoms with Crippen molar-refractivity contribution in [2.75, 3.05) is 12.0 Å². The van der Waals surface area contributed by atoms with Crippen LogP contribution in [0, 0.1) is 11.7 Å². The smallest absolute Gasteiger partial charge is 0.414 e. The van der Waals surface area contributed by atoms with Crippen molar-refractivity contribution in [3.05, 3.63) is 58.7 Å². The summed E-state index contributed by atoms with van der Waals surface area (Å²) in [6.07, 6.45) is -1.99. The molecule has 5 rings (SSSR count). The highest BCUT2D eigenvalue weighted by molar-refractivity contribution is 5.95. The number of imidazole rings is 1. The highest BCUT2D eigenvalue weighted by atomic mass is 19.3. The van der Waals surface area contributed by atoms with Crippen LogP contribution in [0.4, 0.5) is 23.7 Å². The summed E-state index contributed by atoms with van der Waals surface area (Å²) in [5, 5.41) is 21.2. The summed E-state index contributed by atoms with van der Waals surface area (Å²) in [5.74, 6) is -2.27. The molecule has 0 saturated heterocycles. The number of nitrogens with zero attached hydrogens (tertiary/aromatic N) is 3. The van der Waals surface area contributed by atoms with Crippen molar-refractivity contribution >= 4 is 28.8 Å². The van der Waals surface area contributed by atoms with Gasteiger partial charge in [-0.05, 0) is 68.9 Å². The lowest BCUT2D eigenvalue weighted by atomic mass is 9.85. The van der Waals surface area contributed by atoms with Gasteiger partial charge < -0.3 is 19.5 Å². The maximum atomic E-state index is 14.2. The van der Waals surface area contributed by atoms with Gasteiger partial charge in [-0.1, -0.05) is 12.5 Å². The van der Waals surface area contributed by atoms with Crippen molar-refractivity contribution in [3.8, 4) is 0 Å². The first kappa shape index (κ1) is 27.0. The Labute approximate surface area is 223 Å². The van der Waals surface area contributed by atoms with Gasteiger partial charge in [0.25, 0.3) is 6.43 Å². The van der Waals surface area contributed by atoms with E-state index in [1.165, 1.54) is 12.0 Å². The third-order valence-corrected chi connectivity index (χ3v) is 8.04. The summed E-state index contributed by atoms with van der Waals surface area (Å²) < 4.78 is 48.7. The molecular weight excluding hydrogens is 515 g/mol. The number of methoxy groups -OCH3 is 1. The number of fused-ring (bicyclic) bond motifs is 3. The van der Waals surface area contributed by atoms with Crippen molar-refractivity contribution in [3.63, 3.8) is 0 Å². The second-order valence-corrected chi connectivity index (χ2v) is 10.3. The number of anilines is 1. The van der Waals surface area contributed by atoms with Gasteiger partial charge in [0.1, 0.15) is 17.7 Å². The number of halogens is 3. The Balaban J connectivity index is 1.73. The van der Waals surface area contributed by atoms with E-state index in [0.29, 0.717) is 48.8 Å². The van der Waals surface area contributed by atoms with Crippen LogP contribution in [-0.2, 0) is 16.0 Å². The lowest BCUT2D eigenvalue weighted by Gasteiger charge is -2.34. The maximum absolute atomic E-state index is 14.2. The van der Waals surface area contributed by atoms with Crippen molar-refractivity contribution in [1.29, 1.82) is 0 Å². The van der Waals surface area contributed by atoms with Gasteiger partial charge in [0.2, 0.25) is 0 Å². The van der Waals surface area contributed by atoms with E-state index in [9.17, 15) is 33.0 Å². The molecule has 2 N–H and O–H groups in total. The van der Waals surface area contributed by atoms with Gasteiger partial charge in [-0.3, -0.25) is 9.69 Å². The second kappa shape index (κ2) is 10.5. The minimum Gasteiger partial charge on any atom is -0.481 e. The Hall–Kier alpha value is -3.60. The standard InChI is InChI=1S/C28H30F3N3O5/c1-14-6-8-19-21(33(14)28(38)39-2)10-11-22-23(19)32-26(34(22)17-5-3-4-15(12-17)27(36)37)24(35)20-13-16(29)7-9-18(20)25(30)31/h7,9-11,13-15,17,24-25,35H,3-6,8,12H2,1-2H3,(H,36,37)/t14-,15+,17+,24-/m0/s1. The Kier molecular flexibility index (Phi) is 7.28. The first-order chi connectivity index (χ1) is 18.6. The largest absolute Gasteiger partial charge is 0.481 e. The van der Waals surface area contributed by atoms with E-state index in [2.05, 4.69) is 0 Å². The Morgan fingerprint density at radius 3 is 2.59 bits per heavy atom. The van der Waals surface area contributed by atoms with Crippen LogP contribution in [0.3, 0.4) is 0 Å². The van der Waals surface area contributed by atoms with Gasteiger partial charge in [0, 0.05) is 23.2 Å². The summed E-state index contributed by atoms with van der Waals surface area (Å²) in [5.41, 5.74) is 1.60. The summed E-state index contributed by atoms with van der Waals surface area (Å²) in [6, 6.07) is 5.74. The van der Waals surface area contributed by atoms with E-state index >= 15 is 0 Å². The monoisotopic (exact) mass is 545 g/mol. The Morgan fingerprint density at radius 1 is 1.13 bits per heavy atom. The number of carbonyl (C=O) groups excluding carboxylic acids is 1. The van der Waals surface area contributed by atoms with Crippen LogP contribution in [0.5, 0.6) is 0 Å². The quantitative estimate of drug-likeness (QED) is 0.413. The minimum absolute atomic E-state index is 0.0326. The number of aryl methyl sites for hydroxylation is 1. The molecule has 1 aliphatic heterocycles. The molecule has 1 fully saturated rings. The number of carboxylic acids is 1. The number of benzene rings is 2. The molecule has 1 aliphatic carbocycles. The molecule has 4 atom stereocenters. The van der Waals surface area contributed by atoms with Crippen molar-refractivity contribution < 1.29 is 37.7 Å². The number of amides is 1. The molecule has 0 unspecified atom stereocenters. The fraction of sp³-hybridized carbons (Fsp3) is 0.464. The van der Waals surface area contributed by atoms with Crippen LogP contribution in [0.1, 0.15) is 80.1 Å². The van der Waals surface area contributed by atoms with Crippen molar-refractivity contribution in [2.24, 2.45) is 5.92 Å². The van der Waals surface area contributed by atoms with Gasteiger partial charge in [-0.15, -0.1) is 0 Å². The van der Waals surface area contributed by atoms with Crippen LogP contribution in [-0.4, -0.2) is 45.0 Å². The maximum Gasteiger partial charge on any atom is 0.414 e. The molecule has 1 aromatic heterocycles. The number of alkyl halides is 2. The van der Waals surface area contributed by atoms with E-state index in [1.54, 1.807) is 16.7 Å². The summed E-state index contributed by atoms with van der Waals surface area (Å²) in [7, 11) is 1.30. The summed E-state index contributed by atoms with van der Waals surface area (Å²) in [6.45, 7) is 1.90. The van der Waals surface area contributed by atoms with Crippen LogP contribution < -0.4 is 4.90 Å². The van der Waals surface area contributed by atoms with Gasteiger partial charge in [0.15, 0.2) is 0 Å². The highest BCUT2D eigenvalue weighted by Crippen LogP contribution is 2.43. The average molecular weight is 546 g/mol. The topological polar surface area (TPSA) is 105 Å². The zero-order valence-electron chi connectivity index (χ0n) is 21.6. The Morgan fingerprint density at radius 2 is 1.90 bits per heavy atom. The molecule has 0 bridgehead atoms. The molecule has 39 heavy (non-hydrogen) atoms. The minimum atomic E-state index is -2.96. The zero-order chi connectivity index (χ0) is 28.0. The average Bonchev–Trinajstić information content (AvgIpc) is 3.31. The van der Waals surface area contributed by atoms with E-state index in [4.69, 9.17) is 9.72 Å². The summed E-state index contributed by atoms with van der Waals surface area (Å²) in [4.78, 5) is 30.7. The number of aromatic nitrogens is 2. The zero-order valence-corrected chi connectivity index (χ0v) is 21.6. The lowest BCUT2D eigenvalue weighted by molar-refractivity contribution is -0.143. The van der Waals surface area contributed by atoms with Crippen molar-refractivity contribution in [2.45, 2.75) is 70.1 Å². The van der Waals surface area contributed by atoms with E-state index in [0.717, 1.165) is 23.8 Å². The molecule has 208 valence electrons. The number of carbonyl (C=O) groups is 2. The number of hydrogen-bond acceptors (Lipinski definition) is 5. The number of aliphatic hydroxyl groups is 1. The third kappa shape index (κ3) is 4.73. The second-order valence-electron chi connectivity index (χ2n) is 10.3. The molecule has 1 amide bonds. The van der Waals surface area contributed by atoms with Gasteiger partial charge in [-0.25, -0.2) is 22.9 Å². The molecule has 3 aromatic rings. The normalized spacial score (nSPS) is 22.1. The molecular formula is C28H30F3N3O5. The number of carboxylic acid groups (broad SMARTS) is 1. The van der Waals surface area contributed by atoms with E-state index < -0.39 is 41.9 Å². The number of aliphatic carboxylic acids is 1. The van der Waals surface area contributed by atoms with Crippen LogP contribution in [0.15, 0.2) is 30.3 Å². The third-order valence-electron chi connectivity index (χ3n) is 8.04. The summed E-state index contributed by atoms with van der Waals surface area (Å²) >= 11 is 0. The number of aliphatic hydroxyl groups excluding tert-OH is 1. The molecule has 2 heterocycles. The van der Waals surface area contributed by atoms with Gasteiger partial charge >= 0.3 is 12.1 Å². The first-order valence-corrected chi connectivity index (χ1v) is 13.0. The fourth-order valence-electron chi connectivity index (χ4n) is 6.11. The molecule has 11 heteroatoms. The predicted molar refractivity (Wildman–Crippen MR) is 136 cm³/mol. The number of ether oxygens (including phenoxy) is 1. The lowest BCUT2D eigenvalue weighted by Crippen LogP contribution is -2.42. The van der Waals surface area contributed by atoms with Gasteiger partial charge in [-0.2, -0.15) is 0 Å². The molecule has 0 spiro atoms. The Bertz CT molecular complexity index is 1430. The van der Waals surface area contributed by atoms with Crippen molar-refractivity contribution in [1.82, 2.24) is 9.55 Å². The molecule has 1 saturated carbocycles. The molecule has 0 radical (unpaired) electrons. The first-order valence-electron chi connectivity index (χ1n) is 13.0. The molecule has 2 aliphatic rings. The van der Waals surface area contributed by atoms with Crippen LogP contribution in [0.25, 0.3) is 11.0 Å². The predicted octanol–water partition coefficient (Wildman–Crippen LogP) is 5.92. The SMILES string of the molecule is COC(=O)N1c2ccc3c(nc([C@@H](O)c4cc(F)ccc4C(F)F)n3[C@@H]3CCC[C@@H](C(=O)O)C3)c2CC[C@@H]1C. The highest BCUT2D eigenvalue weighted by Gasteiger charge is 2.36. The van der Waals surface area contributed by atoms with Crippen LogP contribution in [0.2, 0.25) is 0 Å². The van der Waals surface area contributed by atoms with E-state index in [1.807, 2.05) is 6.92 Å². The molecule has 2 aromatic carbocycles. The number of hydrogen-bond donors (Lipinski definition) is 2. The molecule has 8 nitrogen and oxygen atoms in total. The number of rotatable bonds is 5. The van der Waals surface area contributed by atoms with Gasteiger partial charge in [0.05, 0.1) is 29.7 Å². The van der Waals surface area contributed by atoms with E-state index in [-0.39, 0.29) is 29.9 Å². The fourth-order valence-corrected chi connectivity index (χ4v) is 6.11.